The number of amides is 2. The summed E-state index contributed by atoms with van der Waals surface area (Å²) in [6, 6.07) is 0.0754. The van der Waals surface area contributed by atoms with Gasteiger partial charge < -0.3 is 15.3 Å². The lowest BCUT2D eigenvalue weighted by molar-refractivity contribution is -0.137. The standard InChI is InChI=1S/C12H13F3N2O3/c1-17(4-2-3-10(18)19)12(20)16-11-8(14)5-7(13)6-9(11)15/h5-6H,2-4H2,1H3,(H,16,20)(H,18,19). The number of anilines is 1. The number of nitrogens with zero attached hydrogens (tertiary/aromatic N) is 1. The van der Waals surface area contributed by atoms with E-state index >= 15 is 0 Å². The normalized spacial score (nSPS) is 10.2. The molecule has 1 aromatic rings. The van der Waals surface area contributed by atoms with Gasteiger partial charge in [-0.3, -0.25) is 4.79 Å². The first-order chi connectivity index (χ1) is 9.31. The summed E-state index contributed by atoms with van der Waals surface area (Å²) >= 11 is 0. The molecule has 0 unspecified atom stereocenters. The molecule has 2 N–H and O–H groups in total. The van der Waals surface area contributed by atoms with Gasteiger partial charge in [0.1, 0.15) is 11.5 Å². The van der Waals surface area contributed by atoms with Crippen LogP contribution < -0.4 is 5.32 Å². The number of halogens is 3. The third-order valence-corrected chi connectivity index (χ3v) is 2.47. The second kappa shape index (κ2) is 6.78. The number of carbonyl (C=O) groups is 2. The number of carboxylic acid groups (broad SMARTS) is 1. The van der Waals surface area contributed by atoms with Crippen LogP contribution in [0, 0.1) is 17.5 Å². The molecule has 0 atom stereocenters. The monoisotopic (exact) mass is 290 g/mol. The first-order valence-electron chi connectivity index (χ1n) is 5.69. The molecule has 5 nitrogen and oxygen atoms in total. The van der Waals surface area contributed by atoms with Crippen molar-refractivity contribution in [2.45, 2.75) is 12.8 Å². The highest BCUT2D eigenvalue weighted by Gasteiger charge is 2.16. The molecule has 0 aliphatic carbocycles. The third-order valence-electron chi connectivity index (χ3n) is 2.47. The predicted octanol–water partition coefficient (Wildman–Crippen LogP) is 2.43. The van der Waals surface area contributed by atoms with Crippen LogP contribution in [-0.4, -0.2) is 35.6 Å². The number of hydrogen-bond donors (Lipinski definition) is 2. The van der Waals surface area contributed by atoms with Crippen molar-refractivity contribution >= 4 is 17.7 Å². The van der Waals surface area contributed by atoms with Crippen LogP contribution in [0.1, 0.15) is 12.8 Å². The lowest BCUT2D eigenvalue weighted by Gasteiger charge is -2.18. The van der Waals surface area contributed by atoms with E-state index in [9.17, 15) is 22.8 Å². The molecule has 0 bridgehead atoms. The minimum atomic E-state index is -1.23. The van der Waals surface area contributed by atoms with Crippen molar-refractivity contribution in [1.82, 2.24) is 4.90 Å². The maximum atomic E-state index is 13.3. The Kier molecular flexibility index (Phi) is 5.36. The molecule has 0 radical (unpaired) electrons. The number of urea groups is 1. The SMILES string of the molecule is CN(CCCC(=O)O)C(=O)Nc1c(F)cc(F)cc1F. The molecular formula is C12H13F3N2O3. The van der Waals surface area contributed by atoms with E-state index in [0.717, 1.165) is 4.90 Å². The molecule has 0 saturated heterocycles. The Hall–Kier alpha value is -2.25. The van der Waals surface area contributed by atoms with E-state index in [1.54, 1.807) is 0 Å². The average molecular weight is 290 g/mol. The highest BCUT2D eigenvalue weighted by atomic mass is 19.1. The van der Waals surface area contributed by atoms with Gasteiger partial charge in [0.15, 0.2) is 11.6 Å². The zero-order valence-corrected chi connectivity index (χ0v) is 10.6. The molecule has 1 aromatic carbocycles. The minimum absolute atomic E-state index is 0.0998. The van der Waals surface area contributed by atoms with Gasteiger partial charge >= 0.3 is 12.0 Å². The van der Waals surface area contributed by atoms with Gasteiger partial charge in [0.25, 0.3) is 0 Å². The van der Waals surface area contributed by atoms with Crippen LogP contribution in [0.15, 0.2) is 12.1 Å². The van der Waals surface area contributed by atoms with Crippen LogP contribution in [0.2, 0.25) is 0 Å². The fourth-order valence-electron chi connectivity index (χ4n) is 1.43. The van der Waals surface area contributed by atoms with E-state index in [2.05, 4.69) is 0 Å². The fourth-order valence-corrected chi connectivity index (χ4v) is 1.43. The average Bonchev–Trinajstić information content (AvgIpc) is 2.32. The topological polar surface area (TPSA) is 69.6 Å². The van der Waals surface area contributed by atoms with Gasteiger partial charge in [-0.2, -0.15) is 0 Å². The number of carbonyl (C=O) groups excluding carboxylic acids is 1. The molecule has 0 fully saturated rings. The predicted molar refractivity (Wildman–Crippen MR) is 64.8 cm³/mol. The van der Waals surface area contributed by atoms with Crippen molar-refractivity contribution < 1.29 is 27.9 Å². The fraction of sp³-hybridized carbons (Fsp3) is 0.333. The third kappa shape index (κ3) is 4.45. The number of aliphatic carboxylic acids is 1. The first kappa shape index (κ1) is 15.8. The number of carboxylic acids is 1. The summed E-state index contributed by atoms with van der Waals surface area (Å²) in [4.78, 5) is 23.0. The van der Waals surface area contributed by atoms with Crippen molar-refractivity contribution in [1.29, 1.82) is 0 Å². The lowest BCUT2D eigenvalue weighted by Crippen LogP contribution is -2.33. The summed E-state index contributed by atoms with van der Waals surface area (Å²) in [6.07, 6.45) is 0.0739. The van der Waals surface area contributed by atoms with Crippen LogP contribution in [0.25, 0.3) is 0 Å². The maximum Gasteiger partial charge on any atom is 0.321 e. The van der Waals surface area contributed by atoms with Gasteiger partial charge in [0.05, 0.1) is 0 Å². The summed E-state index contributed by atoms with van der Waals surface area (Å²) in [5.41, 5.74) is -0.749. The van der Waals surface area contributed by atoms with Crippen molar-refractivity contribution in [3.8, 4) is 0 Å². The molecule has 0 spiro atoms. The van der Waals surface area contributed by atoms with E-state index in [1.165, 1.54) is 7.05 Å². The van der Waals surface area contributed by atoms with Crippen LogP contribution in [0.3, 0.4) is 0 Å². The van der Waals surface area contributed by atoms with Crippen LogP contribution in [0.4, 0.5) is 23.7 Å². The van der Waals surface area contributed by atoms with Crippen molar-refractivity contribution in [3.63, 3.8) is 0 Å². The van der Waals surface area contributed by atoms with Gasteiger partial charge in [-0.15, -0.1) is 0 Å². The largest absolute Gasteiger partial charge is 0.481 e. The van der Waals surface area contributed by atoms with E-state index in [-0.39, 0.29) is 19.4 Å². The zero-order valence-electron chi connectivity index (χ0n) is 10.6. The van der Waals surface area contributed by atoms with Gasteiger partial charge in [-0.05, 0) is 6.42 Å². The molecule has 20 heavy (non-hydrogen) atoms. The Morgan fingerprint density at radius 2 is 1.80 bits per heavy atom. The van der Waals surface area contributed by atoms with Gasteiger partial charge in [0.2, 0.25) is 0 Å². The second-order valence-electron chi connectivity index (χ2n) is 4.09. The Labute approximate surface area is 113 Å². The summed E-state index contributed by atoms with van der Waals surface area (Å²) in [7, 11) is 1.34. The van der Waals surface area contributed by atoms with Crippen molar-refractivity contribution in [3.05, 3.63) is 29.6 Å². The molecule has 2 amide bonds. The molecule has 0 aliphatic rings. The molecule has 0 aliphatic heterocycles. The maximum absolute atomic E-state index is 13.3. The highest BCUT2D eigenvalue weighted by molar-refractivity contribution is 5.89. The Morgan fingerprint density at radius 3 is 2.30 bits per heavy atom. The van der Waals surface area contributed by atoms with E-state index < -0.39 is 35.1 Å². The smallest absolute Gasteiger partial charge is 0.321 e. The quantitative estimate of drug-likeness (QED) is 0.875. The van der Waals surface area contributed by atoms with Crippen LogP contribution >= 0.6 is 0 Å². The Morgan fingerprint density at radius 1 is 1.25 bits per heavy atom. The number of nitrogens with one attached hydrogen (secondary N) is 1. The van der Waals surface area contributed by atoms with Crippen LogP contribution in [-0.2, 0) is 4.79 Å². The second-order valence-corrected chi connectivity index (χ2v) is 4.09. The summed E-state index contributed by atoms with van der Waals surface area (Å²) in [5, 5.41) is 10.4. The van der Waals surface area contributed by atoms with E-state index in [4.69, 9.17) is 5.11 Å². The van der Waals surface area contributed by atoms with Crippen LogP contribution in [0.5, 0.6) is 0 Å². The molecule has 0 heterocycles. The van der Waals surface area contributed by atoms with Gasteiger partial charge in [0, 0.05) is 32.1 Å². The van der Waals surface area contributed by atoms with Crippen molar-refractivity contribution in [2.24, 2.45) is 0 Å². The summed E-state index contributed by atoms with van der Waals surface area (Å²) < 4.78 is 39.3. The highest BCUT2D eigenvalue weighted by Crippen LogP contribution is 2.20. The lowest BCUT2D eigenvalue weighted by atomic mass is 10.2. The molecule has 0 saturated carbocycles. The molecule has 1 rings (SSSR count). The number of rotatable bonds is 5. The molecular weight excluding hydrogens is 277 g/mol. The van der Waals surface area contributed by atoms with E-state index in [0.29, 0.717) is 12.1 Å². The van der Waals surface area contributed by atoms with E-state index in [1.807, 2.05) is 5.32 Å². The Bertz CT molecular complexity index is 500. The van der Waals surface area contributed by atoms with Gasteiger partial charge in [-0.25, -0.2) is 18.0 Å². The number of hydrogen-bond acceptors (Lipinski definition) is 2. The molecule has 0 aromatic heterocycles. The first-order valence-corrected chi connectivity index (χ1v) is 5.69. The Balaban J connectivity index is 2.64. The van der Waals surface area contributed by atoms with Crippen molar-refractivity contribution in [2.75, 3.05) is 18.9 Å². The van der Waals surface area contributed by atoms with Gasteiger partial charge in [-0.1, -0.05) is 0 Å². The number of benzene rings is 1. The minimum Gasteiger partial charge on any atom is -0.481 e. The summed E-state index contributed by atoms with van der Waals surface area (Å²) in [5.74, 6) is -4.55. The summed E-state index contributed by atoms with van der Waals surface area (Å²) in [6.45, 7) is 0.0998. The molecule has 110 valence electrons. The zero-order chi connectivity index (χ0) is 15.3. The molecule has 8 heteroatoms.